The number of piperidine rings is 1. The third-order valence-corrected chi connectivity index (χ3v) is 5.39. The van der Waals surface area contributed by atoms with Crippen LogP contribution in [0.25, 0.3) is 0 Å². The minimum Gasteiger partial charge on any atom is -0.363 e. The van der Waals surface area contributed by atoms with Crippen LogP contribution >= 0.6 is 46.9 Å². The molecule has 2 N–H and O–H groups in total. The Kier molecular flexibility index (Phi) is 8.32. The van der Waals surface area contributed by atoms with Gasteiger partial charge < -0.3 is 15.5 Å². The van der Waals surface area contributed by atoms with Gasteiger partial charge in [0.15, 0.2) is 5.96 Å². The highest BCUT2D eigenvalue weighted by atomic mass is 127. The van der Waals surface area contributed by atoms with E-state index in [1.165, 1.54) is 5.00 Å². The van der Waals surface area contributed by atoms with E-state index in [-0.39, 0.29) is 24.0 Å². The molecule has 136 valence electrons. The Balaban J connectivity index is 0.00000225. The van der Waals surface area contributed by atoms with Crippen molar-refractivity contribution in [2.45, 2.75) is 25.4 Å². The second-order valence-corrected chi connectivity index (χ2v) is 7.28. The molecule has 0 saturated carbocycles. The minimum atomic E-state index is 0. The summed E-state index contributed by atoms with van der Waals surface area (Å²) in [5.74, 6) is 0.851. The summed E-state index contributed by atoms with van der Waals surface area (Å²) in [7, 11) is 1.81. The van der Waals surface area contributed by atoms with E-state index in [2.05, 4.69) is 44.1 Å². The van der Waals surface area contributed by atoms with Gasteiger partial charge in [0.1, 0.15) is 0 Å². The first kappa shape index (κ1) is 20.3. The number of hydrogen-bond donors (Lipinski definition) is 2. The smallest absolute Gasteiger partial charge is 0.191 e. The lowest BCUT2D eigenvalue weighted by Crippen LogP contribution is -2.48. The summed E-state index contributed by atoms with van der Waals surface area (Å²) in [6.07, 6.45) is 2.24. The Hall–Kier alpha value is -0.990. The van der Waals surface area contributed by atoms with Crippen LogP contribution in [-0.4, -0.2) is 32.1 Å². The maximum atomic E-state index is 6.03. The summed E-state index contributed by atoms with van der Waals surface area (Å²) < 4.78 is 0. The van der Waals surface area contributed by atoms with Gasteiger partial charge in [-0.25, -0.2) is 0 Å². The number of guanidine groups is 1. The molecule has 0 atom stereocenters. The van der Waals surface area contributed by atoms with Crippen LogP contribution in [0.2, 0.25) is 5.02 Å². The second-order valence-electron chi connectivity index (χ2n) is 5.91. The number of anilines is 1. The molecule has 1 fully saturated rings. The quantitative estimate of drug-likeness (QED) is 0.380. The molecule has 0 spiro atoms. The maximum Gasteiger partial charge on any atom is 0.191 e. The van der Waals surface area contributed by atoms with Gasteiger partial charge in [0, 0.05) is 37.7 Å². The standard InChI is InChI=1S/C18H23ClN4S.HI/c1-20-18(21-13-14-4-2-5-15(19)12-14)22-16-7-9-23(10-8-16)17-6-3-11-24-17;/h2-6,11-12,16H,7-10,13H2,1H3,(H2,20,21,22);1H. The van der Waals surface area contributed by atoms with Gasteiger partial charge in [0.05, 0.1) is 5.00 Å². The van der Waals surface area contributed by atoms with Gasteiger partial charge in [-0.2, -0.15) is 0 Å². The lowest BCUT2D eigenvalue weighted by molar-refractivity contribution is 0.463. The first-order chi connectivity index (χ1) is 11.7. The summed E-state index contributed by atoms with van der Waals surface area (Å²) in [4.78, 5) is 6.80. The molecule has 0 bridgehead atoms. The van der Waals surface area contributed by atoms with Crippen molar-refractivity contribution in [1.29, 1.82) is 0 Å². The number of thiophene rings is 1. The van der Waals surface area contributed by atoms with E-state index in [9.17, 15) is 0 Å². The highest BCUT2D eigenvalue weighted by Gasteiger charge is 2.20. The number of nitrogens with one attached hydrogen (secondary N) is 2. The van der Waals surface area contributed by atoms with Gasteiger partial charge >= 0.3 is 0 Å². The van der Waals surface area contributed by atoms with Crippen LogP contribution in [0.1, 0.15) is 18.4 Å². The van der Waals surface area contributed by atoms with Gasteiger partial charge in [-0.1, -0.05) is 23.7 Å². The van der Waals surface area contributed by atoms with Gasteiger partial charge in [-0.15, -0.1) is 35.3 Å². The number of nitrogens with zero attached hydrogens (tertiary/aromatic N) is 2. The van der Waals surface area contributed by atoms with Crippen LogP contribution in [0.3, 0.4) is 0 Å². The summed E-state index contributed by atoms with van der Waals surface area (Å²) in [6, 6.07) is 12.7. The number of hydrogen-bond acceptors (Lipinski definition) is 3. The largest absolute Gasteiger partial charge is 0.363 e. The molecule has 7 heteroatoms. The zero-order valence-electron chi connectivity index (χ0n) is 14.2. The van der Waals surface area contributed by atoms with E-state index in [1.54, 1.807) is 0 Å². The normalized spacial score (nSPS) is 15.6. The fraction of sp³-hybridized carbons (Fsp3) is 0.389. The number of benzene rings is 1. The summed E-state index contributed by atoms with van der Waals surface area (Å²) in [6.45, 7) is 2.89. The molecule has 1 aromatic carbocycles. The van der Waals surface area contributed by atoms with Crippen molar-refractivity contribution in [3.8, 4) is 0 Å². The highest BCUT2D eigenvalue weighted by molar-refractivity contribution is 14.0. The monoisotopic (exact) mass is 490 g/mol. The lowest BCUT2D eigenvalue weighted by Gasteiger charge is -2.33. The van der Waals surface area contributed by atoms with Gasteiger partial charge in [-0.3, -0.25) is 4.99 Å². The van der Waals surface area contributed by atoms with Crippen LogP contribution in [-0.2, 0) is 6.54 Å². The molecular formula is C18H24ClIN4S. The Morgan fingerprint density at radius 1 is 1.28 bits per heavy atom. The first-order valence-electron chi connectivity index (χ1n) is 8.24. The highest BCUT2D eigenvalue weighted by Crippen LogP contribution is 2.24. The van der Waals surface area contributed by atoms with Crippen molar-refractivity contribution in [2.75, 3.05) is 25.0 Å². The van der Waals surface area contributed by atoms with E-state index in [1.807, 2.05) is 36.6 Å². The molecule has 0 unspecified atom stereocenters. The number of aliphatic imine (C=N–C) groups is 1. The van der Waals surface area contributed by atoms with Crippen molar-refractivity contribution in [2.24, 2.45) is 4.99 Å². The second kappa shape index (κ2) is 10.2. The third kappa shape index (κ3) is 6.04. The van der Waals surface area contributed by atoms with Crippen LogP contribution in [0.4, 0.5) is 5.00 Å². The Labute approximate surface area is 175 Å². The Bertz CT molecular complexity index is 669. The van der Waals surface area contributed by atoms with E-state index in [0.29, 0.717) is 12.6 Å². The zero-order valence-corrected chi connectivity index (χ0v) is 18.1. The topological polar surface area (TPSA) is 39.7 Å². The average molecular weight is 491 g/mol. The van der Waals surface area contributed by atoms with Crippen LogP contribution in [0.15, 0.2) is 46.8 Å². The molecule has 4 nitrogen and oxygen atoms in total. The van der Waals surface area contributed by atoms with E-state index >= 15 is 0 Å². The molecular weight excluding hydrogens is 467 g/mol. The van der Waals surface area contributed by atoms with Gasteiger partial charge in [0.25, 0.3) is 0 Å². The first-order valence-corrected chi connectivity index (χ1v) is 9.50. The molecule has 0 radical (unpaired) electrons. The molecule has 0 amide bonds. The van der Waals surface area contributed by atoms with E-state index < -0.39 is 0 Å². The molecule has 25 heavy (non-hydrogen) atoms. The summed E-state index contributed by atoms with van der Waals surface area (Å²) in [5, 5.41) is 11.2. The lowest BCUT2D eigenvalue weighted by atomic mass is 10.1. The van der Waals surface area contributed by atoms with Gasteiger partial charge in [-0.05, 0) is 48.1 Å². The summed E-state index contributed by atoms with van der Waals surface area (Å²) in [5.41, 5.74) is 1.15. The minimum absolute atomic E-state index is 0. The predicted molar refractivity (Wildman–Crippen MR) is 120 cm³/mol. The molecule has 3 rings (SSSR count). The molecule has 0 aliphatic carbocycles. The summed E-state index contributed by atoms with van der Waals surface area (Å²) >= 11 is 7.84. The fourth-order valence-corrected chi connectivity index (χ4v) is 3.91. The average Bonchev–Trinajstić information content (AvgIpc) is 3.14. The third-order valence-electron chi connectivity index (χ3n) is 4.23. The van der Waals surface area contributed by atoms with Crippen LogP contribution in [0, 0.1) is 0 Å². The Morgan fingerprint density at radius 3 is 2.72 bits per heavy atom. The van der Waals surface area contributed by atoms with Crippen molar-refractivity contribution in [3.63, 3.8) is 0 Å². The maximum absolute atomic E-state index is 6.03. The molecule has 1 aliphatic rings. The molecule has 2 heterocycles. The van der Waals surface area contributed by atoms with Crippen molar-refractivity contribution in [1.82, 2.24) is 10.6 Å². The van der Waals surface area contributed by atoms with Crippen LogP contribution < -0.4 is 15.5 Å². The van der Waals surface area contributed by atoms with E-state index in [4.69, 9.17) is 11.6 Å². The molecule has 2 aromatic rings. The number of rotatable bonds is 4. The zero-order chi connectivity index (χ0) is 16.8. The molecule has 1 aromatic heterocycles. The van der Waals surface area contributed by atoms with Crippen molar-refractivity contribution in [3.05, 3.63) is 52.4 Å². The van der Waals surface area contributed by atoms with E-state index in [0.717, 1.165) is 42.5 Å². The van der Waals surface area contributed by atoms with Crippen molar-refractivity contribution >= 4 is 57.9 Å². The van der Waals surface area contributed by atoms with Crippen LogP contribution in [0.5, 0.6) is 0 Å². The molecule has 1 aliphatic heterocycles. The van der Waals surface area contributed by atoms with Gasteiger partial charge in [0.2, 0.25) is 0 Å². The van der Waals surface area contributed by atoms with Crippen molar-refractivity contribution < 1.29 is 0 Å². The fourth-order valence-electron chi connectivity index (χ4n) is 2.91. The number of halogens is 2. The predicted octanol–water partition coefficient (Wildman–Crippen LogP) is 4.35. The SMILES string of the molecule is CN=C(NCc1cccc(Cl)c1)NC1CCN(c2cccs2)CC1.I. The molecule has 1 saturated heterocycles. The Morgan fingerprint density at radius 2 is 2.08 bits per heavy atom.